The van der Waals surface area contributed by atoms with Gasteiger partial charge < -0.3 is 14.8 Å². The zero-order chi connectivity index (χ0) is 15.2. The summed E-state index contributed by atoms with van der Waals surface area (Å²) in [5.41, 5.74) is 0.555. The van der Waals surface area contributed by atoms with Crippen molar-refractivity contribution in [1.29, 1.82) is 0 Å². The van der Waals surface area contributed by atoms with Gasteiger partial charge in [0.1, 0.15) is 17.3 Å². The van der Waals surface area contributed by atoms with Crippen molar-refractivity contribution in [2.45, 2.75) is 0 Å². The number of anilines is 1. The Morgan fingerprint density at radius 1 is 1.48 bits per heavy atom. The molecule has 8 nitrogen and oxygen atoms in total. The van der Waals surface area contributed by atoms with Gasteiger partial charge in [-0.1, -0.05) is 11.8 Å². The Hall–Kier alpha value is -3.18. The van der Waals surface area contributed by atoms with Crippen LogP contribution in [0.1, 0.15) is 16.1 Å². The molecule has 0 saturated heterocycles. The molecule has 0 radical (unpaired) electrons. The first-order valence-corrected chi connectivity index (χ1v) is 5.71. The number of hydrogen-bond acceptors (Lipinski definition) is 6. The second kappa shape index (κ2) is 6.31. The van der Waals surface area contributed by atoms with E-state index in [1.807, 2.05) is 0 Å². The number of aromatic nitrogens is 1. The predicted molar refractivity (Wildman–Crippen MR) is 71.5 cm³/mol. The summed E-state index contributed by atoms with van der Waals surface area (Å²) in [5, 5.41) is 21.5. The van der Waals surface area contributed by atoms with Crippen molar-refractivity contribution in [2.75, 3.05) is 11.9 Å². The Labute approximate surface area is 118 Å². The summed E-state index contributed by atoms with van der Waals surface area (Å²) < 4.78 is 4.77. The van der Waals surface area contributed by atoms with Gasteiger partial charge in [0.15, 0.2) is 5.76 Å². The SMILES string of the molecule is O=C(Nc1cc(C#CCO)ccn1)c1ccc([N+](=O)[O-])o1. The molecule has 1 amide bonds. The second-order valence-electron chi connectivity index (χ2n) is 3.74. The van der Waals surface area contributed by atoms with Crippen LogP contribution in [0.4, 0.5) is 11.7 Å². The van der Waals surface area contributed by atoms with Crippen LogP contribution < -0.4 is 5.32 Å². The third-order valence-electron chi connectivity index (χ3n) is 2.31. The van der Waals surface area contributed by atoms with Crippen LogP contribution in [0.25, 0.3) is 0 Å². The van der Waals surface area contributed by atoms with E-state index in [1.165, 1.54) is 18.3 Å². The number of furan rings is 1. The van der Waals surface area contributed by atoms with Crippen molar-refractivity contribution in [3.63, 3.8) is 0 Å². The molecule has 106 valence electrons. The van der Waals surface area contributed by atoms with Crippen molar-refractivity contribution in [1.82, 2.24) is 4.98 Å². The molecule has 0 aromatic carbocycles. The van der Waals surface area contributed by atoms with Crippen LogP contribution in [-0.2, 0) is 0 Å². The summed E-state index contributed by atoms with van der Waals surface area (Å²) >= 11 is 0. The summed E-state index contributed by atoms with van der Waals surface area (Å²) in [6.45, 7) is -0.278. The van der Waals surface area contributed by atoms with Gasteiger partial charge in [0, 0.05) is 11.8 Å². The van der Waals surface area contributed by atoms with Gasteiger partial charge in [0.05, 0.1) is 6.07 Å². The summed E-state index contributed by atoms with van der Waals surface area (Å²) in [5.74, 6) is 3.96. The molecule has 0 unspecified atom stereocenters. The van der Waals surface area contributed by atoms with Crippen LogP contribution >= 0.6 is 0 Å². The third kappa shape index (κ3) is 3.65. The van der Waals surface area contributed by atoms with Crippen molar-refractivity contribution < 1.29 is 19.2 Å². The van der Waals surface area contributed by atoms with Gasteiger partial charge in [-0.3, -0.25) is 14.9 Å². The van der Waals surface area contributed by atoms with Crippen molar-refractivity contribution in [2.24, 2.45) is 0 Å². The molecule has 0 aliphatic rings. The first-order chi connectivity index (χ1) is 10.1. The Morgan fingerprint density at radius 3 is 2.95 bits per heavy atom. The molecule has 2 rings (SSSR count). The average Bonchev–Trinajstić information content (AvgIpc) is 2.95. The molecule has 0 spiro atoms. The van der Waals surface area contributed by atoms with Gasteiger partial charge in [0.2, 0.25) is 0 Å². The van der Waals surface area contributed by atoms with Gasteiger partial charge >= 0.3 is 5.88 Å². The highest BCUT2D eigenvalue weighted by Crippen LogP contribution is 2.16. The quantitative estimate of drug-likeness (QED) is 0.497. The van der Waals surface area contributed by atoms with Gasteiger partial charge in [-0.2, -0.15) is 0 Å². The fraction of sp³-hybridized carbons (Fsp3) is 0.0769. The first-order valence-electron chi connectivity index (χ1n) is 5.71. The van der Waals surface area contributed by atoms with Crippen molar-refractivity contribution in [3.8, 4) is 11.8 Å². The second-order valence-corrected chi connectivity index (χ2v) is 3.74. The Bertz CT molecular complexity index is 742. The minimum Gasteiger partial charge on any atom is -0.395 e. The van der Waals surface area contributed by atoms with Crippen LogP contribution in [0.2, 0.25) is 0 Å². The fourth-order valence-corrected chi connectivity index (χ4v) is 1.44. The third-order valence-corrected chi connectivity index (χ3v) is 2.31. The molecular formula is C13H9N3O5. The maximum atomic E-state index is 11.8. The smallest absolute Gasteiger partial charge is 0.395 e. The number of rotatable bonds is 3. The minimum absolute atomic E-state index is 0.199. The monoisotopic (exact) mass is 287 g/mol. The van der Waals surface area contributed by atoms with E-state index in [2.05, 4.69) is 22.1 Å². The van der Waals surface area contributed by atoms with Crippen LogP contribution in [0.3, 0.4) is 0 Å². The maximum Gasteiger partial charge on any atom is 0.433 e. The molecule has 8 heteroatoms. The Kier molecular flexibility index (Phi) is 4.28. The van der Waals surface area contributed by atoms with E-state index in [9.17, 15) is 14.9 Å². The number of hydrogen-bond donors (Lipinski definition) is 2. The number of nitrogens with zero attached hydrogens (tertiary/aromatic N) is 2. The minimum atomic E-state index is -0.736. The highest BCUT2D eigenvalue weighted by molar-refractivity contribution is 6.01. The lowest BCUT2D eigenvalue weighted by atomic mass is 10.2. The molecule has 2 aromatic rings. The topological polar surface area (TPSA) is 119 Å². The molecule has 2 aromatic heterocycles. The summed E-state index contributed by atoms with van der Waals surface area (Å²) in [7, 11) is 0. The van der Waals surface area contributed by atoms with Crippen molar-refractivity contribution >= 4 is 17.6 Å². The molecule has 0 saturated carbocycles. The lowest BCUT2D eigenvalue weighted by Gasteiger charge is -2.01. The van der Waals surface area contributed by atoms with Crippen LogP contribution in [-0.4, -0.2) is 27.5 Å². The summed E-state index contributed by atoms with van der Waals surface area (Å²) in [6.07, 6.45) is 1.43. The highest BCUT2D eigenvalue weighted by atomic mass is 16.6. The average molecular weight is 287 g/mol. The fourth-order valence-electron chi connectivity index (χ4n) is 1.44. The lowest BCUT2D eigenvalue weighted by molar-refractivity contribution is -0.402. The highest BCUT2D eigenvalue weighted by Gasteiger charge is 2.17. The predicted octanol–water partition coefficient (Wildman–Crippen LogP) is 1.18. The van der Waals surface area contributed by atoms with Crippen molar-refractivity contribution in [3.05, 3.63) is 51.9 Å². The number of aliphatic hydroxyl groups is 1. The Morgan fingerprint density at radius 2 is 2.29 bits per heavy atom. The van der Waals surface area contributed by atoms with Crippen LogP contribution in [0, 0.1) is 22.0 Å². The number of carbonyl (C=O) groups excluding carboxylic acids is 1. The van der Waals surface area contributed by atoms with Gasteiger partial charge in [-0.25, -0.2) is 4.98 Å². The molecule has 2 heterocycles. The number of carbonyl (C=O) groups is 1. The number of aliphatic hydroxyl groups excluding tert-OH is 1. The normalized spacial score (nSPS) is 9.57. The molecular weight excluding hydrogens is 278 g/mol. The van der Waals surface area contributed by atoms with E-state index in [-0.39, 0.29) is 18.2 Å². The van der Waals surface area contributed by atoms with E-state index in [1.54, 1.807) is 6.07 Å². The van der Waals surface area contributed by atoms with E-state index >= 15 is 0 Å². The first kappa shape index (κ1) is 14.2. The zero-order valence-electron chi connectivity index (χ0n) is 10.6. The van der Waals surface area contributed by atoms with Crippen LogP contribution in [0.15, 0.2) is 34.9 Å². The van der Waals surface area contributed by atoms with Gasteiger partial charge in [-0.05, 0) is 18.2 Å². The van der Waals surface area contributed by atoms with Gasteiger partial charge in [0.25, 0.3) is 5.91 Å². The van der Waals surface area contributed by atoms with E-state index in [4.69, 9.17) is 9.52 Å². The molecule has 21 heavy (non-hydrogen) atoms. The molecule has 0 fully saturated rings. The number of nitrogens with one attached hydrogen (secondary N) is 1. The number of amides is 1. The lowest BCUT2D eigenvalue weighted by Crippen LogP contribution is -2.12. The van der Waals surface area contributed by atoms with E-state index in [0.29, 0.717) is 5.56 Å². The standard InChI is InChI=1S/C13H9N3O5/c17-7-1-2-9-5-6-14-11(8-9)15-13(18)10-3-4-12(21-10)16(19)20/h3-6,8,17H,7H2,(H,14,15,18). The van der Waals surface area contributed by atoms with Gasteiger partial charge in [-0.15, -0.1) is 0 Å². The largest absolute Gasteiger partial charge is 0.433 e. The molecule has 0 aliphatic carbocycles. The maximum absolute atomic E-state index is 11.8. The summed E-state index contributed by atoms with van der Waals surface area (Å²) in [6, 6.07) is 5.39. The zero-order valence-corrected chi connectivity index (χ0v) is 10.6. The van der Waals surface area contributed by atoms with E-state index < -0.39 is 16.7 Å². The summed E-state index contributed by atoms with van der Waals surface area (Å²) in [4.78, 5) is 25.5. The Balaban J connectivity index is 2.13. The number of pyridine rings is 1. The molecule has 2 N–H and O–H groups in total. The van der Waals surface area contributed by atoms with Crippen LogP contribution in [0.5, 0.6) is 0 Å². The molecule has 0 atom stereocenters. The molecule has 0 aliphatic heterocycles. The van der Waals surface area contributed by atoms with E-state index in [0.717, 1.165) is 6.07 Å². The molecule has 0 bridgehead atoms. The number of nitro groups is 1.